The van der Waals surface area contributed by atoms with Gasteiger partial charge < -0.3 is 10.1 Å². The lowest BCUT2D eigenvalue weighted by Gasteiger charge is -2.09. The van der Waals surface area contributed by atoms with Crippen LogP contribution in [0, 0.1) is 12.7 Å². The number of anilines is 1. The number of halogens is 1. The van der Waals surface area contributed by atoms with E-state index in [1.165, 1.54) is 23.5 Å². The predicted molar refractivity (Wildman–Crippen MR) is 119 cm³/mol. The summed E-state index contributed by atoms with van der Waals surface area (Å²) >= 11 is 1.18. The van der Waals surface area contributed by atoms with Crippen molar-refractivity contribution in [1.82, 2.24) is 0 Å². The average molecular weight is 440 g/mol. The molecule has 0 aliphatic rings. The number of esters is 1. The first kappa shape index (κ1) is 22.4. The van der Waals surface area contributed by atoms with E-state index >= 15 is 0 Å². The standard InChI is InChI=1S/C24H22FNO4S/c1-3-30-24(29)22-19(16-8-10-18(25)11-9-16)14-31-23(22)26-21(28)13-12-20(27)17-6-4-15(2)5-7-17/h4-11,14H,3,12-13H2,1-2H3,(H,26,28). The van der Waals surface area contributed by atoms with Crippen molar-refractivity contribution >= 4 is 34.0 Å². The molecule has 1 N–H and O–H groups in total. The zero-order valence-corrected chi connectivity index (χ0v) is 18.1. The SMILES string of the molecule is CCOC(=O)c1c(-c2ccc(F)cc2)csc1NC(=O)CCC(=O)c1ccc(C)cc1. The lowest BCUT2D eigenvalue weighted by atomic mass is 10.0. The van der Waals surface area contributed by atoms with Gasteiger partial charge in [-0.2, -0.15) is 0 Å². The van der Waals surface area contributed by atoms with Crippen molar-refractivity contribution in [3.8, 4) is 11.1 Å². The van der Waals surface area contributed by atoms with Crippen LogP contribution in [0.15, 0.2) is 53.9 Å². The van der Waals surface area contributed by atoms with Gasteiger partial charge in [0.25, 0.3) is 0 Å². The number of thiophene rings is 1. The molecule has 0 atom stereocenters. The lowest BCUT2D eigenvalue weighted by Crippen LogP contribution is -2.15. The molecule has 0 aliphatic carbocycles. The minimum atomic E-state index is -0.575. The van der Waals surface area contributed by atoms with Crippen molar-refractivity contribution in [3.05, 3.63) is 76.4 Å². The van der Waals surface area contributed by atoms with Crippen molar-refractivity contribution in [2.45, 2.75) is 26.7 Å². The van der Waals surface area contributed by atoms with E-state index in [0.29, 0.717) is 21.7 Å². The molecule has 0 unspecified atom stereocenters. The van der Waals surface area contributed by atoms with Gasteiger partial charge in [-0.3, -0.25) is 9.59 Å². The summed E-state index contributed by atoms with van der Waals surface area (Å²) in [6.45, 7) is 3.80. The van der Waals surface area contributed by atoms with E-state index in [4.69, 9.17) is 4.74 Å². The summed E-state index contributed by atoms with van der Waals surface area (Å²) in [6.07, 6.45) is 0.0403. The maximum atomic E-state index is 13.3. The predicted octanol–water partition coefficient (Wildman–Crippen LogP) is 5.64. The Morgan fingerprint density at radius 1 is 1.00 bits per heavy atom. The van der Waals surface area contributed by atoms with E-state index in [2.05, 4.69) is 5.32 Å². The highest BCUT2D eigenvalue weighted by molar-refractivity contribution is 7.15. The summed E-state index contributed by atoms with van der Waals surface area (Å²) in [4.78, 5) is 37.3. The van der Waals surface area contributed by atoms with Crippen LogP contribution in [0.3, 0.4) is 0 Å². The Balaban J connectivity index is 1.74. The summed E-state index contributed by atoms with van der Waals surface area (Å²) in [5.74, 6) is -1.46. The number of rotatable bonds is 8. The Labute approximate surface area is 183 Å². The smallest absolute Gasteiger partial charge is 0.341 e. The third-order valence-electron chi connectivity index (χ3n) is 4.63. The summed E-state index contributed by atoms with van der Waals surface area (Å²) in [6, 6.07) is 12.9. The molecule has 0 bridgehead atoms. The zero-order valence-electron chi connectivity index (χ0n) is 17.2. The molecule has 0 aliphatic heterocycles. The quantitative estimate of drug-likeness (QED) is 0.364. The molecule has 1 amide bonds. The first-order chi connectivity index (χ1) is 14.9. The molecule has 1 heterocycles. The average Bonchev–Trinajstić information content (AvgIpc) is 3.16. The topological polar surface area (TPSA) is 72.5 Å². The normalized spacial score (nSPS) is 10.5. The highest BCUT2D eigenvalue weighted by Crippen LogP contribution is 2.36. The van der Waals surface area contributed by atoms with E-state index in [0.717, 1.165) is 5.56 Å². The van der Waals surface area contributed by atoms with Gasteiger partial charge in [0, 0.05) is 29.3 Å². The van der Waals surface area contributed by atoms with Crippen molar-refractivity contribution in [3.63, 3.8) is 0 Å². The summed E-state index contributed by atoms with van der Waals surface area (Å²) in [5, 5.41) is 4.77. The molecule has 0 radical (unpaired) electrons. The van der Waals surface area contributed by atoms with Gasteiger partial charge >= 0.3 is 5.97 Å². The Hall–Kier alpha value is -3.32. The van der Waals surface area contributed by atoms with Gasteiger partial charge in [0.15, 0.2) is 5.78 Å². The van der Waals surface area contributed by atoms with Crippen LogP contribution in [-0.4, -0.2) is 24.3 Å². The van der Waals surface area contributed by atoms with Crippen LogP contribution in [0.5, 0.6) is 0 Å². The highest BCUT2D eigenvalue weighted by Gasteiger charge is 2.23. The zero-order chi connectivity index (χ0) is 22.4. The third-order valence-corrected chi connectivity index (χ3v) is 5.53. The fourth-order valence-corrected chi connectivity index (χ4v) is 3.97. The van der Waals surface area contributed by atoms with Gasteiger partial charge in [0.1, 0.15) is 16.4 Å². The fourth-order valence-electron chi connectivity index (χ4n) is 3.00. The Bertz CT molecular complexity index is 1090. The van der Waals surface area contributed by atoms with Crippen LogP contribution >= 0.6 is 11.3 Å². The Morgan fingerprint density at radius 3 is 2.32 bits per heavy atom. The molecular formula is C24H22FNO4S. The molecule has 0 saturated carbocycles. The number of Topliss-reactive ketones (excluding diaryl/α,β-unsaturated/α-hetero) is 1. The molecule has 0 fully saturated rings. The number of carbonyl (C=O) groups is 3. The number of benzene rings is 2. The first-order valence-electron chi connectivity index (χ1n) is 9.83. The molecule has 3 aromatic rings. The maximum absolute atomic E-state index is 13.3. The lowest BCUT2D eigenvalue weighted by molar-refractivity contribution is -0.116. The van der Waals surface area contributed by atoms with Crippen molar-refractivity contribution in [2.24, 2.45) is 0 Å². The van der Waals surface area contributed by atoms with Gasteiger partial charge in [-0.1, -0.05) is 42.0 Å². The monoisotopic (exact) mass is 439 g/mol. The van der Waals surface area contributed by atoms with E-state index in [-0.39, 0.29) is 42.5 Å². The molecule has 2 aromatic carbocycles. The number of nitrogens with one attached hydrogen (secondary N) is 1. The van der Waals surface area contributed by atoms with Crippen LogP contribution in [0.4, 0.5) is 9.39 Å². The van der Waals surface area contributed by atoms with E-state index in [9.17, 15) is 18.8 Å². The molecule has 0 spiro atoms. The Kier molecular flexibility index (Phi) is 7.31. The second-order valence-electron chi connectivity index (χ2n) is 6.92. The number of ketones is 1. The van der Waals surface area contributed by atoms with Gasteiger partial charge in [-0.15, -0.1) is 11.3 Å². The largest absolute Gasteiger partial charge is 0.462 e. The van der Waals surface area contributed by atoms with Crippen LogP contribution in [0.25, 0.3) is 11.1 Å². The second kappa shape index (κ2) is 10.1. The number of ether oxygens (including phenoxy) is 1. The van der Waals surface area contributed by atoms with E-state index < -0.39 is 5.97 Å². The number of amides is 1. The van der Waals surface area contributed by atoms with Crippen molar-refractivity contribution < 1.29 is 23.5 Å². The molecule has 160 valence electrons. The number of carbonyl (C=O) groups excluding carboxylic acids is 3. The number of hydrogen-bond donors (Lipinski definition) is 1. The van der Waals surface area contributed by atoms with E-state index in [1.54, 1.807) is 36.6 Å². The Morgan fingerprint density at radius 2 is 1.68 bits per heavy atom. The third kappa shape index (κ3) is 5.64. The molecule has 1 aromatic heterocycles. The van der Waals surface area contributed by atoms with Crippen LogP contribution in [-0.2, 0) is 9.53 Å². The van der Waals surface area contributed by atoms with E-state index in [1.807, 2.05) is 19.1 Å². The minimum absolute atomic E-state index is 0.0151. The van der Waals surface area contributed by atoms with Crippen molar-refractivity contribution in [2.75, 3.05) is 11.9 Å². The molecule has 3 rings (SSSR count). The summed E-state index contributed by atoms with van der Waals surface area (Å²) < 4.78 is 18.4. The summed E-state index contributed by atoms with van der Waals surface area (Å²) in [5.41, 5.74) is 3.01. The van der Waals surface area contributed by atoms with Crippen molar-refractivity contribution in [1.29, 1.82) is 0 Å². The highest BCUT2D eigenvalue weighted by atomic mass is 32.1. The van der Waals surface area contributed by atoms with Gasteiger partial charge in [-0.05, 0) is 31.5 Å². The van der Waals surface area contributed by atoms with Crippen LogP contribution in [0.2, 0.25) is 0 Å². The maximum Gasteiger partial charge on any atom is 0.341 e. The molecule has 0 saturated heterocycles. The number of hydrogen-bond acceptors (Lipinski definition) is 5. The molecule has 31 heavy (non-hydrogen) atoms. The second-order valence-corrected chi connectivity index (χ2v) is 7.80. The van der Waals surface area contributed by atoms with Crippen LogP contribution in [0.1, 0.15) is 46.0 Å². The van der Waals surface area contributed by atoms with Gasteiger partial charge in [0.2, 0.25) is 5.91 Å². The summed E-state index contributed by atoms with van der Waals surface area (Å²) in [7, 11) is 0. The number of aryl methyl sites for hydroxylation is 1. The molecular weight excluding hydrogens is 417 g/mol. The van der Waals surface area contributed by atoms with Gasteiger partial charge in [0.05, 0.1) is 6.61 Å². The van der Waals surface area contributed by atoms with Gasteiger partial charge in [-0.25, -0.2) is 9.18 Å². The molecule has 5 nitrogen and oxygen atoms in total. The first-order valence-corrected chi connectivity index (χ1v) is 10.7. The minimum Gasteiger partial charge on any atom is -0.462 e. The fraction of sp³-hybridized carbons (Fsp3) is 0.208. The van der Waals surface area contributed by atoms with Crippen LogP contribution < -0.4 is 5.32 Å². The molecule has 7 heteroatoms.